The van der Waals surface area contributed by atoms with Crippen LogP contribution in [0.25, 0.3) is 10.8 Å². The Labute approximate surface area is 164 Å². The largest absolute Gasteiger partial charge is 0.419 e. The van der Waals surface area contributed by atoms with Crippen molar-refractivity contribution in [3.05, 3.63) is 90.5 Å². The number of rotatable bonds is 5. The third-order valence-corrected chi connectivity index (χ3v) is 4.14. The van der Waals surface area contributed by atoms with Crippen molar-refractivity contribution in [3.8, 4) is 0 Å². The topological polar surface area (TPSA) is 133 Å². The number of hydrogen-bond donors (Lipinski definition) is 0. The van der Waals surface area contributed by atoms with E-state index in [0.717, 1.165) is 6.07 Å². The van der Waals surface area contributed by atoms with Gasteiger partial charge in [-0.1, -0.05) is 35.3 Å². The molecule has 3 aromatic carbocycles. The number of non-ortho nitro benzene ring substituents is 1. The minimum absolute atomic E-state index is 0.0277. The summed E-state index contributed by atoms with van der Waals surface area (Å²) in [5, 5.41) is 33.8. The molecule has 0 heterocycles. The Morgan fingerprint density at radius 3 is 1.97 bits per heavy atom. The molecule has 0 fully saturated rings. The van der Waals surface area contributed by atoms with Gasteiger partial charge in [-0.25, -0.2) is 10.1 Å². The van der Waals surface area contributed by atoms with Crippen LogP contribution in [0.5, 0.6) is 0 Å². The van der Waals surface area contributed by atoms with Gasteiger partial charge in [0.1, 0.15) is 5.69 Å². The molecule has 0 bridgehead atoms. The first-order valence-corrected chi connectivity index (χ1v) is 7.98. The van der Waals surface area contributed by atoms with Crippen molar-refractivity contribution in [2.45, 2.75) is 6.18 Å². The summed E-state index contributed by atoms with van der Waals surface area (Å²) in [6.07, 6.45) is -5.35. The van der Waals surface area contributed by atoms with Gasteiger partial charge in [0.25, 0.3) is 5.69 Å². The van der Waals surface area contributed by atoms with Crippen molar-refractivity contribution in [3.63, 3.8) is 0 Å². The highest BCUT2D eigenvalue weighted by molar-refractivity contribution is 5.87. The first-order valence-electron chi connectivity index (χ1n) is 7.98. The van der Waals surface area contributed by atoms with Gasteiger partial charge in [0, 0.05) is 6.07 Å². The maximum absolute atomic E-state index is 13.6. The number of alkyl halides is 3. The standard InChI is InChI=1S/C17H9F3N4O6/c18-17(19,20)14-8-13(22(25)26)9-15(23(27)28)16(14)21(24(29)30)12-6-5-10-3-1-2-4-11(10)7-12/h1-9H. The second kappa shape index (κ2) is 7.27. The quantitative estimate of drug-likeness (QED) is 0.417. The molecule has 0 spiro atoms. The lowest BCUT2D eigenvalue weighted by Gasteiger charge is -2.19. The van der Waals surface area contributed by atoms with Gasteiger partial charge in [-0.2, -0.15) is 13.2 Å². The van der Waals surface area contributed by atoms with Gasteiger partial charge < -0.3 is 0 Å². The number of halogens is 3. The maximum Gasteiger partial charge on any atom is 0.419 e. The van der Waals surface area contributed by atoms with E-state index < -0.39 is 49.4 Å². The molecule has 0 aliphatic rings. The molecule has 0 aliphatic heterocycles. The Bertz CT molecular complexity index is 1200. The number of nitrogens with zero attached hydrogens (tertiary/aromatic N) is 4. The molecule has 30 heavy (non-hydrogen) atoms. The van der Waals surface area contributed by atoms with Crippen LogP contribution in [0.2, 0.25) is 0 Å². The molecule has 3 rings (SSSR count). The molecular formula is C17H9F3N4O6. The average Bonchev–Trinajstić information content (AvgIpc) is 2.66. The van der Waals surface area contributed by atoms with Crippen LogP contribution < -0.4 is 5.01 Å². The number of hydrazine groups is 1. The predicted molar refractivity (Wildman–Crippen MR) is 97.8 cm³/mol. The molecular weight excluding hydrogens is 413 g/mol. The molecule has 0 aromatic heterocycles. The third-order valence-electron chi connectivity index (χ3n) is 4.14. The van der Waals surface area contributed by atoms with Gasteiger partial charge in [-0.3, -0.25) is 20.2 Å². The van der Waals surface area contributed by atoms with E-state index in [4.69, 9.17) is 0 Å². The van der Waals surface area contributed by atoms with Crippen LogP contribution in [-0.4, -0.2) is 14.9 Å². The molecule has 0 saturated carbocycles. The minimum atomic E-state index is -5.35. The number of anilines is 2. The Morgan fingerprint density at radius 1 is 0.800 bits per heavy atom. The van der Waals surface area contributed by atoms with Crippen LogP contribution in [0.1, 0.15) is 5.56 Å². The fraction of sp³-hybridized carbons (Fsp3) is 0.0588. The number of nitro groups is 3. The van der Waals surface area contributed by atoms with E-state index >= 15 is 0 Å². The van der Waals surface area contributed by atoms with Crippen molar-refractivity contribution in [2.75, 3.05) is 5.01 Å². The Kier molecular flexibility index (Phi) is 4.95. The van der Waals surface area contributed by atoms with E-state index in [9.17, 15) is 43.5 Å². The van der Waals surface area contributed by atoms with Crippen LogP contribution in [0.3, 0.4) is 0 Å². The van der Waals surface area contributed by atoms with Gasteiger partial charge in [0.15, 0.2) is 5.03 Å². The summed E-state index contributed by atoms with van der Waals surface area (Å²) in [4.78, 5) is 31.5. The average molecular weight is 422 g/mol. The second-order valence-corrected chi connectivity index (χ2v) is 5.95. The second-order valence-electron chi connectivity index (χ2n) is 5.95. The van der Waals surface area contributed by atoms with Crippen molar-refractivity contribution >= 4 is 33.5 Å². The van der Waals surface area contributed by atoms with Crippen LogP contribution in [0, 0.1) is 30.3 Å². The van der Waals surface area contributed by atoms with Crippen molar-refractivity contribution < 1.29 is 28.1 Å². The predicted octanol–water partition coefficient (Wildman–Crippen LogP) is 5.00. The first kappa shape index (κ1) is 20.4. The Hall–Kier alpha value is -4.29. The molecule has 0 atom stereocenters. The zero-order valence-corrected chi connectivity index (χ0v) is 14.6. The van der Waals surface area contributed by atoms with E-state index in [0.29, 0.717) is 10.8 Å². The van der Waals surface area contributed by atoms with Gasteiger partial charge in [0.05, 0.1) is 21.5 Å². The lowest BCUT2D eigenvalue weighted by atomic mass is 10.1. The van der Waals surface area contributed by atoms with Crippen LogP contribution >= 0.6 is 0 Å². The normalized spacial score (nSPS) is 11.3. The van der Waals surface area contributed by atoms with E-state index in [2.05, 4.69) is 0 Å². The fourth-order valence-corrected chi connectivity index (χ4v) is 2.90. The highest BCUT2D eigenvalue weighted by Gasteiger charge is 2.45. The van der Waals surface area contributed by atoms with Gasteiger partial charge in [-0.15, -0.1) is 0 Å². The maximum atomic E-state index is 13.6. The van der Waals surface area contributed by atoms with E-state index in [1.807, 2.05) is 0 Å². The first-order chi connectivity index (χ1) is 14.0. The number of nitro benzene ring substituents is 2. The number of hydrogen-bond acceptors (Lipinski definition) is 6. The highest BCUT2D eigenvalue weighted by atomic mass is 19.4. The van der Waals surface area contributed by atoms with E-state index in [-0.39, 0.29) is 17.1 Å². The molecule has 0 N–H and O–H groups in total. The lowest BCUT2D eigenvalue weighted by molar-refractivity contribution is -0.485. The SMILES string of the molecule is O=[N+]([O-])c1cc([N+](=O)[O-])c(N(c2ccc3ccccc3c2)[N+](=O)[O-])c(C(F)(F)F)c1. The van der Waals surface area contributed by atoms with E-state index in [1.165, 1.54) is 12.1 Å². The zero-order valence-electron chi connectivity index (χ0n) is 14.6. The summed E-state index contributed by atoms with van der Waals surface area (Å²) in [7, 11) is 0. The summed E-state index contributed by atoms with van der Waals surface area (Å²) in [6, 6.07) is 10.5. The summed E-state index contributed by atoms with van der Waals surface area (Å²) in [5.74, 6) is 0. The summed E-state index contributed by atoms with van der Waals surface area (Å²) >= 11 is 0. The minimum Gasteiger partial charge on any atom is -0.258 e. The molecule has 3 aromatic rings. The number of fused-ring (bicyclic) bond motifs is 1. The van der Waals surface area contributed by atoms with Crippen molar-refractivity contribution in [1.82, 2.24) is 0 Å². The molecule has 0 aliphatic carbocycles. The van der Waals surface area contributed by atoms with Gasteiger partial charge in [0.2, 0.25) is 5.69 Å². The smallest absolute Gasteiger partial charge is 0.258 e. The summed E-state index contributed by atoms with van der Waals surface area (Å²) in [5.41, 5.74) is -6.37. The lowest BCUT2D eigenvalue weighted by Crippen LogP contribution is -2.28. The Morgan fingerprint density at radius 2 is 1.43 bits per heavy atom. The number of benzene rings is 3. The van der Waals surface area contributed by atoms with Crippen molar-refractivity contribution in [2.24, 2.45) is 0 Å². The molecule has 0 amide bonds. The van der Waals surface area contributed by atoms with Crippen LogP contribution in [0.4, 0.5) is 35.9 Å². The van der Waals surface area contributed by atoms with Crippen LogP contribution in [0.15, 0.2) is 54.6 Å². The van der Waals surface area contributed by atoms with Crippen molar-refractivity contribution in [1.29, 1.82) is 0 Å². The zero-order chi connectivity index (χ0) is 22.2. The summed E-state index contributed by atoms with van der Waals surface area (Å²) < 4.78 is 40.9. The molecule has 154 valence electrons. The fourth-order valence-electron chi connectivity index (χ4n) is 2.90. The summed E-state index contributed by atoms with van der Waals surface area (Å²) in [6.45, 7) is 0. The molecule has 13 heteroatoms. The highest BCUT2D eigenvalue weighted by Crippen LogP contribution is 2.46. The van der Waals surface area contributed by atoms with Gasteiger partial charge >= 0.3 is 11.9 Å². The Balaban J connectivity index is 2.39. The molecule has 0 unspecified atom stereocenters. The monoisotopic (exact) mass is 422 g/mol. The third kappa shape index (κ3) is 3.67. The molecule has 0 radical (unpaired) electrons. The molecule has 0 saturated heterocycles. The van der Waals surface area contributed by atoms with E-state index in [1.54, 1.807) is 24.3 Å². The molecule has 10 nitrogen and oxygen atoms in total. The van der Waals surface area contributed by atoms with Gasteiger partial charge in [-0.05, 0) is 22.9 Å². The van der Waals surface area contributed by atoms with Crippen LogP contribution in [-0.2, 0) is 6.18 Å².